The molecule has 0 rings (SSSR count). The molecule has 0 aliphatic rings. The molecule has 0 heterocycles. The van der Waals surface area contributed by atoms with Crippen LogP contribution in [0.2, 0.25) is 0 Å². The van der Waals surface area contributed by atoms with Gasteiger partial charge in [0.1, 0.15) is 0 Å². The average molecular weight is 215 g/mol. The Hall–Kier alpha value is -0.120. The Morgan fingerprint density at radius 2 is 1.27 bits per heavy atom. The monoisotopic (exact) mass is 215 g/mol. The van der Waals surface area contributed by atoms with E-state index < -0.39 is 0 Å². The minimum absolute atomic E-state index is 0.587. The summed E-state index contributed by atoms with van der Waals surface area (Å²) in [5.41, 5.74) is 0. The van der Waals surface area contributed by atoms with Gasteiger partial charge in [-0.3, -0.25) is 9.80 Å². The van der Waals surface area contributed by atoms with Gasteiger partial charge in [-0.05, 0) is 61.7 Å². The smallest absolute Gasteiger partial charge is 0.0612 e. The van der Waals surface area contributed by atoms with Crippen molar-refractivity contribution in [2.75, 3.05) is 48.8 Å². The van der Waals surface area contributed by atoms with Crippen LogP contribution < -0.4 is 0 Å². The van der Waals surface area contributed by atoms with Crippen LogP contribution in [0.15, 0.2) is 0 Å². The lowest BCUT2D eigenvalue weighted by Crippen LogP contribution is -2.40. The quantitative estimate of drug-likeness (QED) is 0.449. The highest BCUT2D eigenvalue weighted by molar-refractivity contribution is 4.63. The molecule has 0 saturated heterocycles. The molecule has 0 amide bonds. The van der Waals surface area contributed by atoms with Gasteiger partial charge in [-0.2, -0.15) is 0 Å². The van der Waals surface area contributed by atoms with Crippen molar-refractivity contribution in [1.29, 1.82) is 0 Å². The molecule has 0 saturated carbocycles. The second kappa shape index (κ2) is 8.08. The first kappa shape index (κ1) is 14.9. The van der Waals surface area contributed by atoms with Crippen LogP contribution in [-0.2, 0) is 0 Å². The lowest BCUT2D eigenvalue weighted by atomic mass is 10.1. The van der Waals surface area contributed by atoms with E-state index in [1.807, 2.05) is 0 Å². The molecule has 3 heteroatoms. The summed E-state index contributed by atoms with van der Waals surface area (Å²) >= 11 is 0. The number of rotatable bonds is 8. The van der Waals surface area contributed by atoms with Gasteiger partial charge in [-0.15, -0.1) is 0 Å². The van der Waals surface area contributed by atoms with Gasteiger partial charge < -0.3 is 4.90 Å². The number of hydrogen-bond acceptors (Lipinski definition) is 3. The highest BCUT2D eigenvalue weighted by Crippen LogP contribution is 2.09. The lowest BCUT2D eigenvalue weighted by Gasteiger charge is -2.30. The molecular weight excluding hydrogens is 186 g/mol. The first-order valence-corrected chi connectivity index (χ1v) is 5.92. The fourth-order valence-electron chi connectivity index (χ4n) is 1.91. The van der Waals surface area contributed by atoms with Crippen LogP contribution >= 0.6 is 0 Å². The van der Waals surface area contributed by atoms with Crippen LogP contribution in [0.25, 0.3) is 0 Å². The predicted molar refractivity (Wildman–Crippen MR) is 68.2 cm³/mol. The molecule has 0 spiro atoms. The van der Waals surface area contributed by atoms with E-state index in [1.54, 1.807) is 0 Å². The van der Waals surface area contributed by atoms with Gasteiger partial charge in [-0.25, -0.2) is 0 Å². The van der Waals surface area contributed by atoms with Gasteiger partial charge >= 0.3 is 0 Å². The molecule has 0 bridgehead atoms. The second-order valence-electron chi connectivity index (χ2n) is 5.06. The van der Waals surface area contributed by atoms with Crippen molar-refractivity contribution in [2.45, 2.75) is 31.8 Å². The molecule has 0 aliphatic heterocycles. The topological polar surface area (TPSA) is 9.72 Å². The maximum Gasteiger partial charge on any atom is 0.0612 e. The third-order valence-electron chi connectivity index (χ3n) is 2.76. The Bertz CT molecular complexity index is 136. The third kappa shape index (κ3) is 7.77. The first-order chi connectivity index (χ1) is 6.95. The number of unbranched alkanes of at least 4 members (excludes halogenated alkanes) is 2. The summed E-state index contributed by atoms with van der Waals surface area (Å²) in [7, 11) is 12.9. The lowest BCUT2D eigenvalue weighted by molar-refractivity contribution is 0.117. The maximum atomic E-state index is 2.30. The molecular formula is C12H29N3. The number of nitrogens with zero attached hydrogens (tertiary/aromatic N) is 3. The highest BCUT2D eigenvalue weighted by atomic mass is 15.3. The van der Waals surface area contributed by atoms with E-state index in [0.29, 0.717) is 6.17 Å². The molecule has 0 N–H and O–H groups in total. The van der Waals surface area contributed by atoms with Crippen molar-refractivity contribution >= 4 is 0 Å². The Morgan fingerprint density at radius 1 is 0.733 bits per heavy atom. The normalized spacial score (nSPS) is 12.4. The molecule has 3 nitrogen and oxygen atoms in total. The van der Waals surface area contributed by atoms with E-state index in [-0.39, 0.29) is 0 Å². The van der Waals surface area contributed by atoms with E-state index in [0.717, 1.165) is 0 Å². The average Bonchev–Trinajstić information content (AvgIpc) is 2.08. The van der Waals surface area contributed by atoms with E-state index in [9.17, 15) is 0 Å². The first-order valence-electron chi connectivity index (χ1n) is 5.92. The molecule has 0 fully saturated rings. The Kier molecular flexibility index (Phi) is 8.02. The summed E-state index contributed by atoms with van der Waals surface area (Å²) < 4.78 is 0. The van der Waals surface area contributed by atoms with E-state index in [4.69, 9.17) is 0 Å². The molecule has 0 aliphatic carbocycles. The van der Waals surface area contributed by atoms with Crippen molar-refractivity contribution in [3.63, 3.8) is 0 Å². The number of hydrogen-bond donors (Lipinski definition) is 0. The Labute approximate surface area is 96.0 Å². The molecule has 0 aromatic rings. The summed E-state index contributed by atoms with van der Waals surface area (Å²) in [4.78, 5) is 6.85. The van der Waals surface area contributed by atoms with Crippen LogP contribution in [0.3, 0.4) is 0 Å². The SMILES string of the molecule is CN(C)CCCCCC(N(C)C)N(C)C. The van der Waals surface area contributed by atoms with Crippen molar-refractivity contribution < 1.29 is 0 Å². The summed E-state index contributed by atoms with van der Waals surface area (Å²) in [6, 6.07) is 0. The Morgan fingerprint density at radius 3 is 1.67 bits per heavy atom. The zero-order valence-corrected chi connectivity index (χ0v) is 11.5. The van der Waals surface area contributed by atoms with Crippen LogP contribution in [0, 0.1) is 0 Å². The summed E-state index contributed by atoms with van der Waals surface area (Å²) in [6.45, 7) is 1.22. The van der Waals surface area contributed by atoms with Crippen LogP contribution in [0.4, 0.5) is 0 Å². The fourth-order valence-corrected chi connectivity index (χ4v) is 1.91. The van der Waals surface area contributed by atoms with Gasteiger partial charge in [0.15, 0.2) is 0 Å². The predicted octanol–water partition coefficient (Wildman–Crippen LogP) is 1.56. The molecule has 0 unspecified atom stereocenters. The van der Waals surface area contributed by atoms with Crippen molar-refractivity contribution in [2.24, 2.45) is 0 Å². The highest BCUT2D eigenvalue weighted by Gasteiger charge is 2.12. The maximum absolute atomic E-state index is 2.30. The third-order valence-corrected chi connectivity index (χ3v) is 2.76. The van der Waals surface area contributed by atoms with Gasteiger partial charge in [0.05, 0.1) is 6.17 Å². The van der Waals surface area contributed by atoms with Gasteiger partial charge in [0.25, 0.3) is 0 Å². The molecule has 0 aromatic carbocycles. The zero-order chi connectivity index (χ0) is 11.8. The van der Waals surface area contributed by atoms with Crippen LogP contribution in [-0.4, -0.2) is 69.7 Å². The molecule has 15 heavy (non-hydrogen) atoms. The molecule has 92 valence electrons. The van der Waals surface area contributed by atoms with Gasteiger partial charge in [0.2, 0.25) is 0 Å². The zero-order valence-electron chi connectivity index (χ0n) is 11.5. The minimum atomic E-state index is 0.587. The van der Waals surface area contributed by atoms with Crippen molar-refractivity contribution in [1.82, 2.24) is 14.7 Å². The van der Waals surface area contributed by atoms with Gasteiger partial charge in [0, 0.05) is 0 Å². The summed E-state index contributed by atoms with van der Waals surface area (Å²) in [5, 5.41) is 0. The largest absolute Gasteiger partial charge is 0.309 e. The van der Waals surface area contributed by atoms with Crippen LogP contribution in [0.1, 0.15) is 25.7 Å². The molecule has 0 atom stereocenters. The van der Waals surface area contributed by atoms with Gasteiger partial charge in [-0.1, -0.05) is 12.8 Å². The van der Waals surface area contributed by atoms with Crippen LogP contribution in [0.5, 0.6) is 0 Å². The molecule has 0 radical (unpaired) electrons. The van der Waals surface area contributed by atoms with E-state index in [1.165, 1.54) is 32.2 Å². The van der Waals surface area contributed by atoms with Crippen molar-refractivity contribution in [3.05, 3.63) is 0 Å². The minimum Gasteiger partial charge on any atom is -0.309 e. The second-order valence-corrected chi connectivity index (χ2v) is 5.06. The Balaban J connectivity index is 3.55. The standard InChI is InChI=1S/C12H29N3/c1-13(2)11-9-7-8-10-12(14(3)4)15(5)6/h12H,7-11H2,1-6H3. The van der Waals surface area contributed by atoms with E-state index in [2.05, 4.69) is 57.0 Å². The molecule has 0 aromatic heterocycles. The van der Waals surface area contributed by atoms with E-state index >= 15 is 0 Å². The summed E-state index contributed by atoms with van der Waals surface area (Å²) in [6.07, 6.45) is 5.85. The van der Waals surface area contributed by atoms with Crippen molar-refractivity contribution in [3.8, 4) is 0 Å². The fraction of sp³-hybridized carbons (Fsp3) is 1.00. The summed E-state index contributed by atoms with van der Waals surface area (Å²) in [5.74, 6) is 0.